The van der Waals surface area contributed by atoms with Gasteiger partial charge >= 0.3 is 0 Å². The van der Waals surface area contributed by atoms with E-state index < -0.39 is 0 Å². The van der Waals surface area contributed by atoms with Crippen molar-refractivity contribution < 1.29 is 28.6 Å². The summed E-state index contributed by atoms with van der Waals surface area (Å²) in [5.41, 5.74) is 4.63. The number of para-hydroxylation sites is 1. The smallest absolute Gasteiger partial charge is 0.209 e. The number of nitrogens with zero attached hydrogens (tertiary/aromatic N) is 1. The maximum atomic E-state index is 2.56. The van der Waals surface area contributed by atoms with E-state index in [1.54, 1.807) is 0 Å². The van der Waals surface area contributed by atoms with Gasteiger partial charge < -0.3 is 24.0 Å². The molecule has 1 aromatic carbocycles. The molecule has 0 bridgehead atoms. The Morgan fingerprint density at radius 1 is 0.909 bits per heavy atom. The quantitative estimate of drug-likeness (QED) is 0.350. The molecule has 0 saturated carbocycles. The van der Waals surface area contributed by atoms with Gasteiger partial charge in [0.2, 0.25) is 5.69 Å². The summed E-state index contributed by atoms with van der Waals surface area (Å²) in [5, 5.41) is 0. The number of benzene rings is 1. The number of halogens is 1. The number of hydrogen-bond acceptors (Lipinski definition) is 0. The Hall–Kier alpha value is -0.380. The SMILES string of the molecule is CCCCCCCCC[N+]1=C(C)C(C)(C)c2ccccc21.[I-]. The highest BCUT2D eigenvalue weighted by molar-refractivity contribution is 5.93. The molecular weight excluding hydrogens is 381 g/mol. The Labute approximate surface area is 154 Å². The molecule has 0 N–H and O–H groups in total. The zero-order valence-electron chi connectivity index (χ0n) is 14.8. The highest BCUT2D eigenvalue weighted by atomic mass is 127. The third-order valence-corrected chi connectivity index (χ3v) is 5.16. The van der Waals surface area contributed by atoms with Crippen LogP contribution in [0.3, 0.4) is 0 Å². The van der Waals surface area contributed by atoms with Gasteiger partial charge in [0.25, 0.3) is 0 Å². The zero-order chi connectivity index (χ0) is 15.3. The van der Waals surface area contributed by atoms with Gasteiger partial charge in [-0.3, -0.25) is 0 Å². The Bertz CT molecular complexity index is 502. The highest BCUT2D eigenvalue weighted by Gasteiger charge is 2.42. The Morgan fingerprint density at radius 2 is 1.50 bits per heavy atom. The van der Waals surface area contributed by atoms with Gasteiger partial charge in [0.15, 0.2) is 5.71 Å². The van der Waals surface area contributed by atoms with E-state index in [9.17, 15) is 0 Å². The fourth-order valence-corrected chi connectivity index (χ4v) is 3.47. The summed E-state index contributed by atoms with van der Waals surface area (Å²) >= 11 is 0. The van der Waals surface area contributed by atoms with Crippen LogP contribution in [0, 0.1) is 0 Å². The first-order chi connectivity index (χ1) is 10.1. The molecule has 1 aliphatic rings. The van der Waals surface area contributed by atoms with E-state index in [-0.39, 0.29) is 29.4 Å². The molecule has 0 fully saturated rings. The lowest BCUT2D eigenvalue weighted by atomic mass is 9.82. The fraction of sp³-hybridized carbons (Fsp3) is 0.650. The summed E-state index contributed by atoms with van der Waals surface area (Å²) in [6, 6.07) is 8.93. The summed E-state index contributed by atoms with van der Waals surface area (Å²) in [7, 11) is 0. The molecule has 0 atom stereocenters. The Balaban J connectivity index is 0.00000242. The summed E-state index contributed by atoms with van der Waals surface area (Å²) in [4.78, 5) is 0. The van der Waals surface area contributed by atoms with E-state index in [4.69, 9.17) is 0 Å². The molecule has 0 unspecified atom stereocenters. The molecule has 0 spiro atoms. The monoisotopic (exact) mass is 413 g/mol. The van der Waals surface area contributed by atoms with Crippen LogP contribution >= 0.6 is 0 Å². The predicted molar refractivity (Wildman–Crippen MR) is 92.9 cm³/mol. The van der Waals surface area contributed by atoms with Crippen LogP contribution in [0.5, 0.6) is 0 Å². The number of hydrogen-bond donors (Lipinski definition) is 0. The van der Waals surface area contributed by atoms with Gasteiger partial charge in [-0.15, -0.1) is 0 Å². The van der Waals surface area contributed by atoms with Gasteiger partial charge in [-0.25, -0.2) is 0 Å². The first-order valence-corrected chi connectivity index (χ1v) is 8.80. The van der Waals surface area contributed by atoms with Crippen molar-refractivity contribution in [1.29, 1.82) is 0 Å². The largest absolute Gasteiger partial charge is 1.00 e. The average Bonchev–Trinajstić information content (AvgIpc) is 2.67. The minimum absolute atomic E-state index is 0. The molecule has 0 aromatic heterocycles. The number of rotatable bonds is 8. The first-order valence-electron chi connectivity index (χ1n) is 8.80. The predicted octanol–water partition coefficient (Wildman–Crippen LogP) is 2.84. The van der Waals surface area contributed by atoms with E-state index in [1.807, 2.05) is 0 Å². The lowest BCUT2D eigenvalue weighted by Crippen LogP contribution is -3.00. The Morgan fingerprint density at radius 3 is 2.18 bits per heavy atom. The van der Waals surface area contributed by atoms with Crippen LogP contribution in [0.25, 0.3) is 0 Å². The maximum Gasteiger partial charge on any atom is 0.209 e. The van der Waals surface area contributed by atoms with Crippen LogP contribution in [0.15, 0.2) is 24.3 Å². The Kier molecular flexibility index (Phi) is 8.09. The molecule has 1 heterocycles. The summed E-state index contributed by atoms with van der Waals surface area (Å²) in [5.74, 6) is 0. The van der Waals surface area contributed by atoms with Gasteiger partial charge in [0.1, 0.15) is 6.54 Å². The second-order valence-corrected chi connectivity index (χ2v) is 7.00. The molecule has 0 aliphatic carbocycles. The van der Waals surface area contributed by atoms with Gasteiger partial charge in [0, 0.05) is 25.0 Å². The lowest BCUT2D eigenvalue weighted by Gasteiger charge is -2.14. The molecule has 0 radical (unpaired) electrons. The van der Waals surface area contributed by atoms with Crippen molar-refractivity contribution in [3.8, 4) is 0 Å². The standard InChI is InChI=1S/C20H32N.HI/c1-5-6-7-8-9-10-13-16-21-17(2)20(3,4)18-14-11-12-15-19(18)21;/h11-12,14-15H,5-10,13,16H2,1-4H3;1H/q+1;/p-1. The molecule has 2 heteroatoms. The van der Waals surface area contributed by atoms with Crippen LogP contribution < -0.4 is 24.0 Å². The van der Waals surface area contributed by atoms with Crippen LogP contribution in [-0.4, -0.2) is 16.8 Å². The molecule has 0 amide bonds. The summed E-state index contributed by atoms with van der Waals surface area (Å²) in [6.45, 7) is 10.5. The van der Waals surface area contributed by atoms with E-state index >= 15 is 0 Å². The van der Waals surface area contributed by atoms with Crippen LogP contribution in [-0.2, 0) is 5.41 Å². The third kappa shape index (κ3) is 4.33. The molecule has 0 saturated heterocycles. The van der Waals surface area contributed by atoms with Gasteiger partial charge in [-0.1, -0.05) is 57.2 Å². The van der Waals surface area contributed by atoms with Gasteiger partial charge in [0.05, 0.1) is 5.41 Å². The molecule has 1 aromatic rings. The minimum atomic E-state index is 0. The average molecular weight is 413 g/mol. The van der Waals surface area contributed by atoms with Gasteiger partial charge in [-0.2, -0.15) is 4.58 Å². The van der Waals surface area contributed by atoms with Crippen molar-refractivity contribution >= 4 is 11.4 Å². The van der Waals surface area contributed by atoms with Crippen LogP contribution in [0.2, 0.25) is 0 Å². The normalized spacial score (nSPS) is 15.6. The van der Waals surface area contributed by atoms with E-state index in [1.165, 1.54) is 68.5 Å². The van der Waals surface area contributed by atoms with Crippen molar-refractivity contribution in [3.05, 3.63) is 29.8 Å². The summed E-state index contributed by atoms with van der Waals surface area (Å²) in [6.07, 6.45) is 9.66. The van der Waals surface area contributed by atoms with Crippen LogP contribution in [0.4, 0.5) is 5.69 Å². The van der Waals surface area contributed by atoms with E-state index in [0.29, 0.717) is 0 Å². The van der Waals surface area contributed by atoms with Crippen molar-refractivity contribution in [2.75, 3.05) is 6.54 Å². The van der Waals surface area contributed by atoms with Crippen molar-refractivity contribution in [1.82, 2.24) is 0 Å². The molecule has 1 nitrogen and oxygen atoms in total. The first kappa shape index (κ1) is 19.7. The molecule has 22 heavy (non-hydrogen) atoms. The minimum Gasteiger partial charge on any atom is -1.00 e. The number of fused-ring (bicyclic) bond motifs is 1. The third-order valence-electron chi connectivity index (χ3n) is 5.16. The fourth-order valence-electron chi connectivity index (χ4n) is 3.47. The molecule has 124 valence electrons. The topological polar surface area (TPSA) is 3.01 Å². The van der Waals surface area contributed by atoms with E-state index in [2.05, 4.69) is 56.5 Å². The zero-order valence-corrected chi connectivity index (χ0v) is 16.9. The summed E-state index contributed by atoms with van der Waals surface area (Å²) < 4.78 is 2.56. The second-order valence-electron chi connectivity index (χ2n) is 7.00. The molecular formula is C20H32IN. The van der Waals surface area contributed by atoms with Crippen molar-refractivity contribution in [2.45, 2.75) is 78.1 Å². The van der Waals surface area contributed by atoms with Crippen molar-refractivity contribution in [3.63, 3.8) is 0 Å². The van der Waals surface area contributed by atoms with E-state index in [0.717, 1.165) is 0 Å². The molecule has 2 rings (SSSR count). The number of unbranched alkanes of at least 4 members (excludes halogenated alkanes) is 6. The van der Waals surface area contributed by atoms with Gasteiger partial charge in [-0.05, 0) is 20.3 Å². The highest BCUT2D eigenvalue weighted by Crippen LogP contribution is 2.39. The lowest BCUT2D eigenvalue weighted by molar-refractivity contribution is -0.439. The van der Waals surface area contributed by atoms with Crippen LogP contribution in [0.1, 0.15) is 78.2 Å². The second kappa shape index (κ2) is 9.05. The van der Waals surface area contributed by atoms with Crippen molar-refractivity contribution in [2.24, 2.45) is 0 Å². The molecule has 1 aliphatic heterocycles. The maximum absolute atomic E-state index is 2.56.